The number of hydrogen-bond donors (Lipinski definition) is 1. The molecule has 2 aromatic rings. The molecular weight excluding hydrogens is 341 g/mol. The van der Waals surface area contributed by atoms with Crippen molar-refractivity contribution in [2.24, 2.45) is 0 Å². The summed E-state index contributed by atoms with van der Waals surface area (Å²) in [5.74, 6) is 0.353. The molecule has 0 bridgehead atoms. The smallest absolute Gasteiger partial charge is 0.123 e. The first-order valence-electron chi connectivity index (χ1n) is 6.59. The normalized spacial score (nSPS) is 21.4. The van der Waals surface area contributed by atoms with E-state index in [0.717, 1.165) is 23.0 Å². The molecule has 0 unspecified atom stereocenters. The molecule has 0 spiro atoms. The molecule has 0 radical (unpaired) electrons. The highest BCUT2D eigenvalue weighted by molar-refractivity contribution is 9.10. The molecule has 0 amide bonds. The highest BCUT2D eigenvalue weighted by atomic mass is 79.9. The van der Waals surface area contributed by atoms with E-state index in [-0.39, 0.29) is 5.82 Å². The minimum Gasteiger partial charge on any atom is -0.382 e. The van der Waals surface area contributed by atoms with E-state index in [1.54, 1.807) is 0 Å². The zero-order valence-electron chi connectivity index (χ0n) is 10.7. The van der Waals surface area contributed by atoms with Gasteiger partial charge >= 0.3 is 0 Å². The average Bonchev–Trinajstić information content (AvgIpc) is 2.39. The van der Waals surface area contributed by atoms with Gasteiger partial charge in [0.1, 0.15) is 5.82 Å². The van der Waals surface area contributed by atoms with E-state index in [0.29, 0.717) is 17.0 Å². The summed E-state index contributed by atoms with van der Waals surface area (Å²) in [6.45, 7) is 0. The van der Waals surface area contributed by atoms with Gasteiger partial charge in [0, 0.05) is 16.2 Å². The van der Waals surface area contributed by atoms with Crippen molar-refractivity contribution < 1.29 is 4.39 Å². The molecule has 0 aromatic heterocycles. The summed E-state index contributed by atoms with van der Waals surface area (Å²) in [6, 6.07) is 13.2. The van der Waals surface area contributed by atoms with Crippen LogP contribution in [0.5, 0.6) is 0 Å². The molecule has 0 aliphatic heterocycles. The summed E-state index contributed by atoms with van der Waals surface area (Å²) in [5, 5.41) is 4.19. The van der Waals surface area contributed by atoms with Gasteiger partial charge in [-0.25, -0.2) is 4.39 Å². The minimum atomic E-state index is -0.174. The summed E-state index contributed by atoms with van der Waals surface area (Å²) in [7, 11) is 0. The third kappa shape index (κ3) is 2.99. The lowest BCUT2D eigenvalue weighted by atomic mass is 9.76. The number of anilines is 1. The average molecular weight is 355 g/mol. The fourth-order valence-electron chi connectivity index (χ4n) is 2.56. The Balaban J connectivity index is 1.58. The molecule has 0 heterocycles. The van der Waals surface area contributed by atoms with Gasteiger partial charge in [-0.2, -0.15) is 0 Å². The molecule has 1 saturated carbocycles. The monoisotopic (exact) mass is 353 g/mol. The lowest BCUT2D eigenvalue weighted by Gasteiger charge is -2.37. The summed E-state index contributed by atoms with van der Waals surface area (Å²) in [5.41, 5.74) is 2.26. The molecule has 1 N–H and O–H groups in total. The van der Waals surface area contributed by atoms with Crippen molar-refractivity contribution in [2.75, 3.05) is 5.32 Å². The fourth-order valence-corrected chi connectivity index (χ4v) is 2.99. The Morgan fingerprint density at radius 1 is 1.10 bits per heavy atom. The number of benzene rings is 2. The lowest BCUT2D eigenvalue weighted by molar-refractivity contribution is 0.374. The van der Waals surface area contributed by atoms with Gasteiger partial charge < -0.3 is 5.32 Å². The molecule has 1 fully saturated rings. The first-order chi connectivity index (χ1) is 9.61. The number of nitrogens with one attached hydrogen (secondary N) is 1. The maximum absolute atomic E-state index is 12.9. The molecule has 1 aliphatic carbocycles. The van der Waals surface area contributed by atoms with E-state index in [1.807, 2.05) is 30.3 Å². The summed E-state index contributed by atoms with van der Waals surface area (Å²) < 4.78 is 13.8. The van der Waals surface area contributed by atoms with Gasteiger partial charge in [0.25, 0.3) is 0 Å². The standard InChI is InChI=1S/C16H14BrClFN/c17-15-6-5-13(9-16(15)18)20-14-7-11(8-14)10-1-3-12(19)4-2-10/h1-6,9,11,14,20H,7-8H2. The number of hydrogen-bond acceptors (Lipinski definition) is 1. The van der Waals surface area contributed by atoms with Crippen LogP contribution < -0.4 is 5.32 Å². The fraction of sp³-hybridized carbons (Fsp3) is 0.250. The van der Waals surface area contributed by atoms with Gasteiger partial charge in [-0.3, -0.25) is 0 Å². The van der Waals surface area contributed by atoms with Gasteiger partial charge in [0.15, 0.2) is 0 Å². The zero-order chi connectivity index (χ0) is 14.1. The maximum atomic E-state index is 12.9. The first-order valence-corrected chi connectivity index (χ1v) is 7.76. The molecule has 2 aromatic carbocycles. The Labute approximate surface area is 131 Å². The van der Waals surface area contributed by atoms with Crippen LogP contribution in [-0.4, -0.2) is 6.04 Å². The molecule has 3 rings (SSSR count). The van der Waals surface area contributed by atoms with Crippen molar-refractivity contribution in [3.8, 4) is 0 Å². The van der Waals surface area contributed by atoms with Crippen molar-refractivity contribution in [2.45, 2.75) is 24.8 Å². The van der Waals surface area contributed by atoms with Crippen LogP contribution in [0.4, 0.5) is 10.1 Å². The quantitative estimate of drug-likeness (QED) is 0.756. The Kier molecular flexibility index (Phi) is 3.99. The minimum absolute atomic E-state index is 0.174. The van der Waals surface area contributed by atoms with E-state index in [1.165, 1.54) is 17.7 Å². The molecule has 0 atom stereocenters. The third-order valence-electron chi connectivity index (χ3n) is 3.77. The SMILES string of the molecule is Fc1ccc(C2CC(Nc3ccc(Br)c(Cl)c3)C2)cc1. The van der Waals surface area contributed by atoms with Gasteiger partial charge in [-0.15, -0.1) is 0 Å². The molecule has 104 valence electrons. The molecule has 1 nitrogen and oxygen atoms in total. The maximum Gasteiger partial charge on any atom is 0.123 e. The van der Waals surface area contributed by atoms with Crippen LogP contribution in [0.25, 0.3) is 0 Å². The van der Waals surface area contributed by atoms with Crippen molar-refractivity contribution in [1.29, 1.82) is 0 Å². The van der Waals surface area contributed by atoms with Crippen molar-refractivity contribution >= 4 is 33.2 Å². The van der Waals surface area contributed by atoms with Gasteiger partial charge in [-0.05, 0) is 70.6 Å². The number of halogens is 3. The van der Waals surface area contributed by atoms with E-state index < -0.39 is 0 Å². The molecule has 0 saturated heterocycles. The second-order valence-electron chi connectivity index (χ2n) is 5.19. The van der Waals surface area contributed by atoms with E-state index in [4.69, 9.17) is 11.6 Å². The van der Waals surface area contributed by atoms with Crippen molar-refractivity contribution in [3.05, 3.63) is 63.3 Å². The van der Waals surface area contributed by atoms with Crippen molar-refractivity contribution in [3.63, 3.8) is 0 Å². The van der Waals surface area contributed by atoms with E-state index in [2.05, 4.69) is 21.2 Å². The second-order valence-corrected chi connectivity index (χ2v) is 6.45. The Morgan fingerprint density at radius 3 is 2.45 bits per heavy atom. The van der Waals surface area contributed by atoms with Crippen LogP contribution in [0.2, 0.25) is 5.02 Å². The van der Waals surface area contributed by atoms with Crippen LogP contribution in [-0.2, 0) is 0 Å². The Bertz CT molecular complexity index is 608. The summed E-state index contributed by atoms with van der Waals surface area (Å²) in [4.78, 5) is 0. The Morgan fingerprint density at radius 2 is 1.80 bits per heavy atom. The van der Waals surface area contributed by atoms with E-state index >= 15 is 0 Å². The lowest BCUT2D eigenvalue weighted by Crippen LogP contribution is -2.33. The van der Waals surface area contributed by atoms with E-state index in [9.17, 15) is 4.39 Å². The van der Waals surface area contributed by atoms with Crippen LogP contribution in [0, 0.1) is 5.82 Å². The Hall–Kier alpha value is -1.06. The predicted octanol–water partition coefficient (Wildman–Crippen LogP) is 5.60. The zero-order valence-corrected chi connectivity index (χ0v) is 13.1. The molecule has 1 aliphatic rings. The van der Waals surface area contributed by atoms with Crippen LogP contribution in [0.1, 0.15) is 24.3 Å². The topological polar surface area (TPSA) is 12.0 Å². The van der Waals surface area contributed by atoms with Gasteiger partial charge in [0.2, 0.25) is 0 Å². The molecule has 20 heavy (non-hydrogen) atoms. The van der Waals surface area contributed by atoms with Crippen LogP contribution in [0.3, 0.4) is 0 Å². The number of rotatable bonds is 3. The first kappa shape index (κ1) is 13.9. The summed E-state index contributed by atoms with van der Waals surface area (Å²) >= 11 is 9.46. The van der Waals surface area contributed by atoms with Gasteiger partial charge in [0.05, 0.1) is 5.02 Å². The third-order valence-corrected chi connectivity index (χ3v) is 5.00. The highest BCUT2D eigenvalue weighted by Crippen LogP contribution is 2.39. The largest absolute Gasteiger partial charge is 0.382 e. The predicted molar refractivity (Wildman–Crippen MR) is 84.9 cm³/mol. The molecule has 4 heteroatoms. The second kappa shape index (κ2) is 5.74. The summed E-state index contributed by atoms with van der Waals surface area (Å²) in [6.07, 6.45) is 2.14. The van der Waals surface area contributed by atoms with Crippen LogP contribution >= 0.6 is 27.5 Å². The van der Waals surface area contributed by atoms with Gasteiger partial charge in [-0.1, -0.05) is 23.7 Å². The van der Waals surface area contributed by atoms with Crippen LogP contribution in [0.15, 0.2) is 46.9 Å². The van der Waals surface area contributed by atoms with Crippen molar-refractivity contribution in [1.82, 2.24) is 0 Å². The molecular formula is C16H14BrClFN. The highest BCUT2D eigenvalue weighted by Gasteiger charge is 2.30.